The monoisotopic (exact) mass is 235 g/mol. The van der Waals surface area contributed by atoms with Crippen molar-refractivity contribution in [2.75, 3.05) is 12.8 Å². The van der Waals surface area contributed by atoms with Crippen molar-refractivity contribution in [1.29, 1.82) is 0 Å². The molecule has 0 bridgehead atoms. The maximum atomic E-state index is 10.6. The first kappa shape index (κ1) is 10.9. The number of nitrogen functional groups attached to an aromatic ring is 1. The third kappa shape index (κ3) is 2.03. The standard InChI is InChI=1S/C10H9N3O4/c1-16-9-4-6(13(14)15)2-3-7(9)8-5-10(11)17-12-8/h2-5H,11H2,1H3. The van der Waals surface area contributed by atoms with Crippen LogP contribution in [0.4, 0.5) is 11.6 Å². The molecule has 0 unspecified atom stereocenters. The van der Waals surface area contributed by atoms with Crippen molar-refractivity contribution in [3.8, 4) is 17.0 Å². The molecule has 1 aromatic heterocycles. The average Bonchev–Trinajstić information content (AvgIpc) is 2.74. The number of aromatic nitrogens is 1. The Morgan fingerprint density at radius 2 is 2.24 bits per heavy atom. The van der Waals surface area contributed by atoms with Crippen LogP contribution >= 0.6 is 0 Å². The zero-order valence-electron chi connectivity index (χ0n) is 8.91. The lowest BCUT2D eigenvalue weighted by Gasteiger charge is -2.04. The van der Waals surface area contributed by atoms with E-state index in [4.69, 9.17) is 15.0 Å². The lowest BCUT2D eigenvalue weighted by molar-refractivity contribution is -0.384. The molecule has 0 atom stereocenters. The zero-order valence-corrected chi connectivity index (χ0v) is 8.91. The van der Waals surface area contributed by atoms with Crippen molar-refractivity contribution in [1.82, 2.24) is 5.16 Å². The topological polar surface area (TPSA) is 104 Å². The van der Waals surface area contributed by atoms with Crippen LogP contribution in [0.2, 0.25) is 0 Å². The Bertz CT molecular complexity index is 564. The van der Waals surface area contributed by atoms with E-state index in [0.717, 1.165) is 0 Å². The molecule has 7 nitrogen and oxygen atoms in total. The van der Waals surface area contributed by atoms with Gasteiger partial charge >= 0.3 is 0 Å². The fourth-order valence-electron chi connectivity index (χ4n) is 1.42. The zero-order chi connectivity index (χ0) is 12.4. The Labute approximate surface area is 95.9 Å². The molecular weight excluding hydrogens is 226 g/mol. The van der Waals surface area contributed by atoms with E-state index < -0.39 is 4.92 Å². The molecule has 7 heteroatoms. The molecule has 0 amide bonds. The van der Waals surface area contributed by atoms with E-state index in [1.807, 2.05) is 0 Å². The van der Waals surface area contributed by atoms with Crippen LogP contribution in [0.5, 0.6) is 5.75 Å². The SMILES string of the molecule is COc1cc([N+](=O)[O-])ccc1-c1cc(N)on1. The van der Waals surface area contributed by atoms with E-state index in [1.165, 1.54) is 31.4 Å². The summed E-state index contributed by atoms with van der Waals surface area (Å²) in [5, 5.41) is 14.3. The van der Waals surface area contributed by atoms with E-state index >= 15 is 0 Å². The van der Waals surface area contributed by atoms with Crippen LogP contribution in [0.1, 0.15) is 0 Å². The summed E-state index contributed by atoms with van der Waals surface area (Å²) in [5.41, 5.74) is 6.40. The van der Waals surface area contributed by atoms with Gasteiger partial charge in [0.25, 0.3) is 5.69 Å². The van der Waals surface area contributed by atoms with Crippen LogP contribution in [0.25, 0.3) is 11.3 Å². The van der Waals surface area contributed by atoms with Gasteiger partial charge in [0.15, 0.2) is 0 Å². The largest absolute Gasteiger partial charge is 0.496 e. The first-order valence-electron chi connectivity index (χ1n) is 4.67. The van der Waals surface area contributed by atoms with Gasteiger partial charge in [-0.1, -0.05) is 5.16 Å². The second-order valence-electron chi connectivity index (χ2n) is 3.26. The molecule has 0 saturated carbocycles. The number of benzene rings is 1. The fraction of sp³-hybridized carbons (Fsp3) is 0.100. The molecule has 0 saturated heterocycles. The summed E-state index contributed by atoms with van der Waals surface area (Å²) in [6.07, 6.45) is 0. The molecule has 0 aliphatic rings. The summed E-state index contributed by atoms with van der Waals surface area (Å²) in [5.74, 6) is 0.507. The lowest BCUT2D eigenvalue weighted by atomic mass is 10.1. The predicted molar refractivity (Wildman–Crippen MR) is 59.6 cm³/mol. The number of nitrogens with zero attached hydrogens (tertiary/aromatic N) is 2. The van der Waals surface area contributed by atoms with Gasteiger partial charge in [0, 0.05) is 17.7 Å². The molecule has 17 heavy (non-hydrogen) atoms. The van der Waals surface area contributed by atoms with Crippen molar-refractivity contribution in [2.24, 2.45) is 0 Å². The molecule has 2 N–H and O–H groups in total. The van der Waals surface area contributed by atoms with E-state index in [0.29, 0.717) is 17.0 Å². The Balaban J connectivity index is 2.51. The minimum atomic E-state index is -0.497. The Morgan fingerprint density at radius 3 is 2.76 bits per heavy atom. The van der Waals surface area contributed by atoms with E-state index in [2.05, 4.69) is 5.16 Å². The fourth-order valence-corrected chi connectivity index (χ4v) is 1.42. The number of nitro groups is 1. The Kier molecular flexibility index (Phi) is 2.65. The molecule has 1 aromatic carbocycles. The maximum absolute atomic E-state index is 10.6. The van der Waals surface area contributed by atoms with E-state index in [-0.39, 0.29) is 11.6 Å². The molecule has 0 spiro atoms. The van der Waals surface area contributed by atoms with E-state index in [1.54, 1.807) is 0 Å². The maximum Gasteiger partial charge on any atom is 0.273 e. The van der Waals surface area contributed by atoms with Gasteiger partial charge in [0.05, 0.1) is 18.1 Å². The third-order valence-electron chi connectivity index (χ3n) is 2.20. The van der Waals surface area contributed by atoms with Gasteiger partial charge in [-0.15, -0.1) is 0 Å². The van der Waals surface area contributed by atoms with Crippen LogP contribution in [0.3, 0.4) is 0 Å². The number of ether oxygens (including phenoxy) is 1. The molecule has 2 rings (SSSR count). The quantitative estimate of drug-likeness (QED) is 0.642. The summed E-state index contributed by atoms with van der Waals surface area (Å²) in [6, 6.07) is 5.74. The van der Waals surface area contributed by atoms with Gasteiger partial charge < -0.3 is 15.0 Å². The number of anilines is 1. The Hall–Kier alpha value is -2.57. The predicted octanol–water partition coefficient (Wildman–Crippen LogP) is 1.84. The summed E-state index contributed by atoms with van der Waals surface area (Å²) in [4.78, 5) is 10.1. The van der Waals surface area contributed by atoms with Crippen LogP contribution in [0, 0.1) is 10.1 Å². The molecule has 88 valence electrons. The highest BCUT2D eigenvalue weighted by molar-refractivity contribution is 5.70. The van der Waals surface area contributed by atoms with Gasteiger partial charge in [0.1, 0.15) is 11.4 Å². The summed E-state index contributed by atoms with van der Waals surface area (Å²) >= 11 is 0. The molecule has 0 aliphatic carbocycles. The van der Waals surface area contributed by atoms with Crippen LogP contribution in [-0.4, -0.2) is 17.2 Å². The minimum Gasteiger partial charge on any atom is -0.496 e. The van der Waals surface area contributed by atoms with Crippen molar-refractivity contribution in [3.63, 3.8) is 0 Å². The lowest BCUT2D eigenvalue weighted by Crippen LogP contribution is -1.92. The van der Waals surface area contributed by atoms with Crippen molar-refractivity contribution in [3.05, 3.63) is 34.4 Å². The van der Waals surface area contributed by atoms with E-state index in [9.17, 15) is 10.1 Å². The van der Waals surface area contributed by atoms with Gasteiger partial charge in [-0.2, -0.15) is 0 Å². The number of nitro benzene ring substituents is 1. The summed E-state index contributed by atoms with van der Waals surface area (Å²) < 4.78 is 9.81. The summed E-state index contributed by atoms with van der Waals surface area (Å²) in [6.45, 7) is 0. The third-order valence-corrected chi connectivity index (χ3v) is 2.20. The molecule has 0 aliphatic heterocycles. The second kappa shape index (κ2) is 4.12. The van der Waals surface area contributed by atoms with Gasteiger partial charge in [0.2, 0.25) is 5.88 Å². The average molecular weight is 235 g/mol. The number of non-ortho nitro benzene ring substituents is 1. The molecular formula is C10H9N3O4. The van der Waals surface area contributed by atoms with Gasteiger partial charge in [-0.3, -0.25) is 10.1 Å². The normalized spacial score (nSPS) is 10.2. The van der Waals surface area contributed by atoms with Crippen LogP contribution < -0.4 is 10.5 Å². The molecule has 0 radical (unpaired) electrons. The number of nitrogens with two attached hydrogens (primary N) is 1. The van der Waals surface area contributed by atoms with Crippen molar-refractivity contribution < 1.29 is 14.2 Å². The number of hydrogen-bond acceptors (Lipinski definition) is 6. The first-order valence-corrected chi connectivity index (χ1v) is 4.67. The highest BCUT2D eigenvalue weighted by Gasteiger charge is 2.15. The Morgan fingerprint density at radius 1 is 1.47 bits per heavy atom. The highest BCUT2D eigenvalue weighted by atomic mass is 16.6. The second-order valence-corrected chi connectivity index (χ2v) is 3.26. The molecule has 2 aromatic rings. The number of rotatable bonds is 3. The number of hydrogen-bond donors (Lipinski definition) is 1. The molecule has 0 fully saturated rings. The van der Waals surface area contributed by atoms with Crippen LogP contribution in [-0.2, 0) is 0 Å². The van der Waals surface area contributed by atoms with Crippen molar-refractivity contribution in [2.45, 2.75) is 0 Å². The van der Waals surface area contributed by atoms with Crippen LogP contribution in [0.15, 0.2) is 28.8 Å². The minimum absolute atomic E-state index is 0.0536. The number of methoxy groups -OCH3 is 1. The highest BCUT2D eigenvalue weighted by Crippen LogP contribution is 2.33. The summed E-state index contributed by atoms with van der Waals surface area (Å²) in [7, 11) is 1.42. The van der Waals surface area contributed by atoms with Gasteiger partial charge in [-0.25, -0.2) is 0 Å². The van der Waals surface area contributed by atoms with Crippen molar-refractivity contribution >= 4 is 11.6 Å². The first-order chi connectivity index (χ1) is 8.11. The smallest absolute Gasteiger partial charge is 0.273 e. The van der Waals surface area contributed by atoms with Gasteiger partial charge in [-0.05, 0) is 6.07 Å². The molecule has 1 heterocycles.